The van der Waals surface area contributed by atoms with Gasteiger partial charge in [0.05, 0.1) is 5.69 Å². The highest BCUT2D eigenvalue weighted by molar-refractivity contribution is 6.04. The predicted octanol–water partition coefficient (Wildman–Crippen LogP) is 8.24. The monoisotopic (exact) mass is 428 g/mol. The standard InChI is InChI=1S/C31H28N2/c1-21-8-10-22(11-9-21)26-12-13-27(29-20-32-16-15-28(26)29)23-6-5-7-24(18-23)30-19-25(14-17-33-30)31(2,3)4/h5-20H,1-4H3. The van der Waals surface area contributed by atoms with Crippen molar-refractivity contribution in [2.24, 2.45) is 0 Å². The molecule has 0 aliphatic heterocycles. The summed E-state index contributed by atoms with van der Waals surface area (Å²) in [6.45, 7) is 8.82. The second-order valence-corrected chi connectivity index (χ2v) is 9.71. The SMILES string of the molecule is Cc1ccc(-c2ccc(-c3cccc(-c4cc(C(C)(C)C)ccn4)c3)c3cnccc23)cc1. The molecule has 2 heteroatoms. The Morgan fingerprint density at radius 3 is 2.12 bits per heavy atom. The van der Waals surface area contributed by atoms with Gasteiger partial charge in [0.15, 0.2) is 0 Å². The van der Waals surface area contributed by atoms with E-state index in [1.165, 1.54) is 38.8 Å². The molecule has 0 saturated heterocycles. The van der Waals surface area contributed by atoms with Gasteiger partial charge in [0.25, 0.3) is 0 Å². The molecule has 5 rings (SSSR count). The molecule has 0 aliphatic carbocycles. The Labute approximate surface area is 196 Å². The molecule has 2 nitrogen and oxygen atoms in total. The number of aromatic nitrogens is 2. The average Bonchev–Trinajstić information content (AvgIpc) is 2.84. The molecule has 0 unspecified atom stereocenters. The summed E-state index contributed by atoms with van der Waals surface area (Å²) in [7, 11) is 0. The number of benzene rings is 3. The fraction of sp³-hybridized carbons (Fsp3) is 0.161. The van der Waals surface area contributed by atoms with Crippen molar-refractivity contribution in [2.45, 2.75) is 33.1 Å². The van der Waals surface area contributed by atoms with Crippen molar-refractivity contribution in [3.8, 4) is 33.5 Å². The van der Waals surface area contributed by atoms with E-state index in [1.54, 1.807) is 0 Å². The van der Waals surface area contributed by atoms with Crippen molar-refractivity contribution in [2.75, 3.05) is 0 Å². The lowest BCUT2D eigenvalue weighted by molar-refractivity contribution is 0.589. The average molecular weight is 429 g/mol. The van der Waals surface area contributed by atoms with Crippen LogP contribution in [0.25, 0.3) is 44.3 Å². The van der Waals surface area contributed by atoms with Gasteiger partial charge in [0, 0.05) is 29.5 Å². The van der Waals surface area contributed by atoms with Gasteiger partial charge in [0.2, 0.25) is 0 Å². The van der Waals surface area contributed by atoms with Crippen LogP contribution in [0.3, 0.4) is 0 Å². The van der Waals surface area contributed by atoms with Crippen LogP contribution < -0.4 is 0 Å². The van der Waals surface area contributed by atoms with E-state index in [0.717, 1.165) is 16.6 Å². The second-order valence-electron chi connectivity index (χ2n) is 9.71. The Balaban J connectivity index is 1.63. The maximum Gasteiger partial charge on any atom is 0.0705 e. The maximum absolute atomic E-state index is 4.67. The summed E-state index contributed by atoms with van der Waals surface area (Å²) in [5.41, 5.74) is 9.57. The summed E-state index contributed by atoms with van der Waals surface area (Å²) in [6, 6.07) is 28.3. The molecule has 162 valence electrons. The summed E-state index contributed by atoms with van der Waals surface area (Å²) in [6.07, 6.45) is 5.77. The molecule has 2 aromatic heterocycles. The second kappa shape index (κ2) is 8.29. The molecule has 0 saturated carbocycles. The fourth-order valence-electron chi connectivity index (χ4n) is 4.33. The zero-order valence-electron chi connectivity index (χ0n) is 19.6. The van der Waals surface area contributed by atoms with Crippen LogP contribution in [-0.4, -0.2) is 9.97 Å². The van der Waals surface area contributed by atoms with Crippen molar-refractivity contribution >= 4 is 10.8 Å². The van der Waals surface area contributed by atoms with E-state index in [1.807, 2.05) is 18.6 Å². The van der Waals surface area contributed by atoms with Crippen LogP contribution in [0.2, 0.25) is 0 Å². The van der Waals surface area contributed by atoms with Gasteiger partial charge in [-0.15, -0.1) is 0 Å². The number of fused-ring (bicyclic) bond motifs is 1. The Morgan fingerprint density at radius 2 is 1.36 bits per heavy atom. The molecule has 5 aromatic rings. The van der Waals surface area contributed by atoms with E-state index in [4.69, 9.17) is 0 Å². The van der Waals surface area contributed by atoms with Crippen LogP contribution in [0.5, 0.6) is 0 Å². The minimum absolute atomic E-state index is 0.0863. The molecule has 0 amide bonds. The lowest BCUT2D eigenvalue weighted by atomic mass is 9.86. The quantitative estimate of drug-likeness (QED) is 0.289. The largest absolute Gasteiger partial charge is 0.264 e. The van der Waals surface area contributed by atoms with Gasteiger partial charge in [-0.1, -0.05) is 80.9 Å². The molecular weight excluding hydrogens is 400 g/mol. The molecule has 3 aromatic carbocycles. The smallest absolute Gasteiger partial charge is 0.0705 e. The van der Waals surface area contributed by atoms with Gasteiger partial charge in [-0.3, -0.25) is 9.97 Å². The minimum atomic E-state index is 0.0863. The number of pyridine rings is 2. The van der Waals surface area contributed by atoms with Crippen LogP contribution >= 0.6 is 0 Å². The highest BCUT2D eigenvalue weighted by Gasteiger charge is 2.15. The van der Waals surface area contributed by atoms with E-state index in [0.29, 0.717) is 0 Å². The van der Waals surface area contributed by atoms with E-state index < -0.39 is 0 Å². The number of rotatable bonds is 3. The summed E-state index contributed by atoms with van der Waals surface area (Å²) in [4.78, 5) is 9.12. The molecule has 33 heavy (non-hydrogen) atoms. The number of aryl methyl sites for hydroxylation is 1. The topological polar surface area (TPSA) is 25.8 Å². The first-order valence-corrected chi connectivity index (χ1v) is 11.4. The summed E-state index contributed by atoms with van der Waals surface area (Å²) < 4.78 is 0. The number of nitrogens with zero attached hydrogens (tertiary/aromatic N) is 2. The lowest BCUT2D eigenvalue weighted by Crippen LogP contribution is -2.11. The van der Waals surface area contributed by atoms with Crippen LogP contribution in [-0.2, 0) is 5.41 Å². The third kappa shape index (κ3) is 4.17. The Hall–Kier alpha value is -3.78. The third-order valence-corrected chi connectivity index (χ3v) is 6.28. The first-order chi connectivity index (χ1) is 15.9. The summed E-state index contributed by atoms with van der Waals surface area (Å²) in [5.74, 6) is 0. The van der Waals surface area contributed by atoms with Crippen molar-refractivity contribution in [1.29, 1.82) is 0 Å². The van der Waals surface area contributed by atoms with Gasteiger partial charge in [-0.25, -0.2) is 0 Å². The maximum atomic E-state index is 4.67. The van der Waals surface area contributed by atoms with Gasteiger partial charge in [-0.2, -0.15) is 0 Å². The molecule has 0 N–H and O–H groups in total. The van der Waals surface area contributed by atoms with Crippen LogP contribution in [0.4, 0.5) is 0 Å². The van der Waals surface area contributed by atoms with Crippen LogP contribution in [0.15, 0.2) is 97.5 Å². The molecular formula is C31H28N2. The van der Waals surface area contributed by atoms with Gasteiger partial charge in [-0.05, 0) is 69.8 Å². The normalized spacial score (nSPS) is 11.6. The van der Waals surface area contributed by atoms with Gasteiger partial charge >= 0.3 is 0 Å². The van der Waals surface area contributed by atoms with E-state index in [9.17, 15) is 0 Å². The lowest BCUT2D eigenvalue weighted by Gasteiger charge is -2.19. The fourth-order valence-corrected chi connectivity index (χ4v) is 4.33. The van der Waals surface area contributed by atoms with Crippen molar-refractivity contribution in [3.63, 3.8) is 0 Å². The zero-order valence-corrected chi connectivity index (χ0v) is 19.6. The highest BCUT2D eigenvalue weighted by atomic mass is 14.7. The highest BCUT2D eigenvalue weighted by Crippen LogP contribution is 2.36. The first-order valence-electron chi connectivity index (χ1n) is 11.4. The molecule has 0 radical (unpaired) electrons. The molecule has 0 bridgehead atoms. The number of hydrogen-bond acceptors (Lipinski definition) is 2. The van der Waals surface area contributed by atoms with Crippen molar-refractivity contribution in [3.05, 3.63) is 109 Å². The molecule has 0 atom stereocenters. The van der Waals surface area contributed by atoms with Gasteiger partial charge < -0.3 is 0 Å². The van der Waals surface area contributed by atoms with Crippen LogP contribution in [0.1, 0.15) is 31.9 Å². The Bertz CT molecular complexity index is 1440. The van der Waals surface area contributed by atoms with Crippen LogP contribution in [0, 0.1) is 6.92 Å². The first kappa shape index (κ1) is 21.1. The Morgan fingerprint density at radius 1 is 0.636 bits per heavy atom. The van der Waals surface area contributed by atoms with E-state index in [-0.39, 0.29) is 5.41 Å². The van der Waals surface area contributed by atoms with Crippen molar-refractivity contribution < 1.29 is 0 Å². The number of hydrogen-bond donors (Lipinski definition) is 0. The minimum Gasteiger partial charge on any atom is -0.264 e. The summed E-state index contributed by atoms with van der Waals surface area (Å²) >= 11 is 0. The van der Waals surface area contributed by atoms with Gasteiger partial charge in [0.1, 0.15) is 0 Å². The summed E-state index contributed by atoms with van der Waals surface area (Å²) in [5, 5.41) is 2.37. The molecule has 2 heterocycles. The Kier molecular flexibility index (Phi) is 5.30. The third-order valence-electron chi connectivity index (χ3n) is 6.28. The predicted molar refractivity (Wildman–Crippen MR) is 139 cm³/mol. The molecule has 0 fully saturated rings. The van der Waals surface area contributed by atoms with E-state index >= 15 is 0 Å². The zero-order chi connectivity index (χ0) is 23.0. The van der Waals surface area contributed by atoms with E-state index in [2.05, 4.69) is 117 Å². The van der Waals surface area contributed by atoms with Crippen molar-refractivity contribution in [1.82, 2.24) is 9.97 Å². The molecule has 0 spiro atoms. The molecule has 0 aliphatic rings.